The number of hydrogen-bond acceptors (Lipinski definition) is 5. The van der Waals surface area contributed by atoms with Crippen molar-refractivity contribution in [2.24, 2.45) is 0 Å². The molecule has 0 amide bonds. The molecule has 0 unspecified atom stereocenters. The van der Waals surface area contributed by atoms with E-state index in [1.165, 1.54) is 5.56 Å². The van der Waals surface area contributed by atoms with Gasteiger partial charge >= 0.3 is 0 Å². The summed E-state index contributed by atoms with van der Waals surface area (Å²) >= 11 is 0. The zero-order chi connectivity index (χ0) is 12.4. The van der Waals surface area contributed by atoms with E-state index < -0.39 is 0 Å². The van der Waals surface area contributed by atoms with Crippen molar-refractivity contribution in [1.82, 2.24) is 15.0 Å². The van der Waals surface area contributed by atoms with Crippen LogP contribution in [0.5, 0.6) is 5.88 Å². The number of ether oxygens (including phenoxy) is 1. The molecule has 1 aliphatic heterocycles. The Labute approximate surface area is 105 Å². The molecule has 5 heteroatoms. The summed E-state index contributed by atoms with van der Waals surface area (Å²) in [6, 6.07) is 3.77. The predicted octanol–water partition coefficient (Wildman–Crippen LogP) is 1.96. The van der Waals surface area contributed by atoms with E-state index in [9.17, 15) is 0 Å². The van der Waals surface area contributed by atoms with Gasteiger partial charge in [-0.25, -0.2) is 4.98 Å². The third-order valence-electron chi connectivity index (χ3n) is 2.92. The second-order valence-corrected chi connectivity index (χ2v) is 4.03. The molecule has 92 valence electrons. The van der Waals surface area contributed by atoms with Gasteiger partial charge in [0.25, 0.3) is 0 Å². The first-order valence-electron chi connectivity index (χ1n) is 6.05. The Balaban J connectivity index is 1.94. The summed E-state index contributed by atoms with van der Waals surface area (Å²) in [5, 5.41) is 0. The zero-order valence-corrected chi connectivity index (χ0v) is 10.2. The second-order valence-electron chi connectivity index (χ2n) is 4.03. The summed E-state index contributed by atoms with van der Waals surface area (Å²) in [5.41, 5.74) is 2.38. The molecule has 0 radical (unpaired) electrons. The molecule has 18 heavy (non-hydrogen) atoms. The van der Waals surface area contributed by atoms with E-state index in [0.717, 1.165) is 18.7 Å². The first-order chi connectivity index (χ1) is 8.88. The first-order valence-corrected chi connectivity index (χ1v) is 6.05. The minimum absolute atomic E-state index is 0.608. The van der Waals surface area contributed by atoms with Gasteiger partial charge in [0.05, 0.1) is 12.3 Å². The van der Waals surface area contributed by atoms with Gasteiger partial charge in [-0.05, 0) is 25.0 Å². The Morgan fingerprint density at radius 3 is 3.17 bits per heavy atom. The van der Waals surface area contributed by atoms with Crippen molar-refractivity contribution in [3.8, 4) is 5.88 Å². The van der Waals surface area contributed by atoms with Crippen molar-refractivity contribution in [1.29, 1.82) is 0 Å². The third-order valence-corrected chi connectivity index (χ3v) is 2.92. The van der Waals surface area contributed by atoms with Gasteiger partial charge < -0.3 is 9.64 Å². The molecular weight excluding hydrogens is 228 g/mol. The standard InChI is InChI=1S/C13H14N4O/c1-2-18-12-4-7-15-13(16-12)17-8-5-10-9-14-6-3-11(10)17/h3-4,6-7,9H,2,5,8H2,1H3. The van der Waals surface area contributed by atoms with E-state index in [0.29, 0.717) is 18.4 Å². The fourth-order valence-corrected chi connectivity index (χ4v) is 2.13. The highest BCUT2D eigenvalue weighted by Crippen LogP contribution is 2.31. The molecule has 0 atom stereocenters. The summed E-state index contributed by atoms with van der Waals surface area (Å²) in [6.45, 7) is 3.44. The predicted molar refractivity (Wildman–Crippen MR) is 68.1 cm³/mol. The number of pyridine rings is 1. The van der Waals surface area contributed by atoms with Crippen molar-refractivity contribution >= 4 is 11.6 Å². The molecule has 2 aromatic rings. The number of hydrogen-bond donors (Lipinski definition) is 0. The summed E-state index contributed by atoms with van der Waals surface area (Å²) in [7, 11) is 0. The van der Waals surface area contributed by atoms with E-state index in [2.05, 4.69) is 19.9 Å². The lowest BCUT2D eigenvalue weighted by Crippen LogP contribution is -2.16. The fraction of sp³-hybridized carbons (Fsp3) is 0.308. The molecule has 0 fully saturated rings. The largest absolute Gasteiger partial charge is 0.478 e. The molecule has 0 bridgehead atoms. The van der Waals surface area contributed by atoms with Gasteiger partial charge in [-0.1, -0.05) is 0 Å². The maximum atomic E-state index is 5.40. The Morgan fingerprint density at radius 1 is 1.33 bits per heavy atom. The minimum atomic E-state index is 0.608. The van der Waals surface area contributed by atoms with E-state index >= 15 is 0 Å². The lowest BCUT2D eigenvalue weighted by molar-refractivity contribution is 0.326. The van der Waals surface area contributed by atoms with Crippen molar-refractivity contribution in [3.63, 3.8) is 0 Å². The Morgan fingerprint density at radius 2 is 2.28 bits per heavy atom. The van der Waals surface area contributed by atoms with Gasteiger partial charge in [-0.2, -0.15) is 4.98 Å². The maximum Gasteiger partial charge on any atom is 0.233 e. The molecule has 3 rings (SSSR count). The van der Waals surface area contributed by atoms with Crippen LogP contribution >= 0.6 is 0 Å². The second kappa shape index (κ2) is 4.60. The van der Waals surface area contributed by atoms with Gasteiger partial charge in [0, 0.05) is 31.2 Å². The summed E-state index contributed by atoms with van der Waals surface area (Å²) in [6.07, 6.45) is 6.41. The molecule has 0 aromatic carbocycles. The van der Waals surface area contributed by atoms with Crippen molar-refractivity contribution in [3.05, 3.63) is 36.3 Å². The quantitative estimate of drug-likeness (QED) is 0.823. The highest BCUT2D eigenvalue weighted by Gasteiger charge is 2.22. The van der Waals surface area contributed by atoms with Gasteiger partial charge in [-0.3, -0.25) is 4.98 Å². The molecule has 0 spiro atoms. The SMILES string of the molecule is CCOc1ccnc(N2CCc3cnccc32)n1. The highest BCUT2D eigenvalue weighted by atomic mass is 16.5. The van der Waals surface area contributed by atoms with Crippen LogP contribution < -0.4 is 9.64 Å². The van der Waals surface area contributed by atoms with E-state index in [1.807, 2.05) is 19.2 Å². The van der Waals surface area contributed by atoms with Crippen LogP contribution in [-0.2, 0) is 6.42 Å². The molecule has 0 saturated carbocycles. The lowest BCUT2D eigenvalue weighted by atomic mass is 10.2. The van der Waals surface area contributed by atoms with E-state index in [4.69, 9.17) is 4.74 Å². The van der Waals surface area contributed by atoms with E-state index in [1.54, 1.807) is 18.5 Å². The topological polar surface area (TPSA) is 51.1 Å². The van der Waals surface area contributed by atoms with E-state index in [-0.39, 0.29) is 0 Å². The molecule has 0 aliphatic carbocycles. The van der Waals surface area contributed by atoms with Gasteiger partial charge in [0.1, 0.15) is 0 Å². The number of rotatable bonds is 3. The molecule has 2 aromatic heterocycles. The summed E-state index contributed by atoms with van der Waals surface area (Å²) in [4.78, 5) is 15.0. The van der Waals surface area contributed by atoms with Crippen LogP contribution in [0, 0.1) is 0 Å². The summed E-state index contributed by atoms with van der Waals surface area (Å²) < 4.78 is 5.40. The molecule has 0 N–H and O–H groups in total. The minimum Gasteiger partial charge on any atom is -0.478 e. The van der Waals surface area contributed by atoms with Crippen LogP contribution in [0.1, 0.15) is 12.5 Å². The fourth-order valence-electron chi connectivity index (χ4n) is 2.13. The van der Waals surface area contributed by atoms with Crippen LogP contribution in [0.2, 0.25) is 0 Å². The number of aromatic nitrogens is 3. The molecule has 0 saturated heterocycles. The number of anilines is 2. The van der Waals surface area contributed by atoms with Crippen LogP contribution in [0.4, 0.5) is 11.6 Å². The van der Waals surface area contributed by atoms with Gasteiger partial charge in [0.2, 0.25) is 11.8 Å². The third kappa shape index (κ3) is 1.88. The number of fused-ring (bicyclic) bond motifs is 1. The normalized spacial score (nSPS) is 13.5. The lowest BCUT2D eigenvalue weighted by Gasteiger charge is -2.17. The van der Waals surface area contributed by atoms with Crippen LogP contribution in [0.15, 0.2) is 30.7 Å². The Bertz CT molecular complexity index is 558. The first kappa shape index (κ1) is 11.0. The number of nitrogens with zero attached hydrogens (tertiary/aromatic N) is 4. The van der Waals surface area contributed by atoms with Crippen molar-refractivity contribution < 1.29 is 4.74 Å². The van der Waals surface area contributed by atoms with Crippen molar-refractivity contribution in [2.45, 2.75) is 13.3 Å². The van der Waals surface area contributed by atoms with Crippen LogP contribution in [0.25, 0.3) is 0 Å². The highest BCUT2D eigenvalue weighted by molar-refractivity contribution is 5.64. The zero-order valence-electron chi connectivity index (χ0n) is 10.2. The monoisotopic (exact) mass is 242 g/mol. The summed E-state index contributed by atoms with van der Waals surface area (Å²) in [5.74, 6) is 1.30. The van der Waals surface area contributed by atoms with Gasteiger partial charge in [0.15, 0.2) is 0 Å². The molecule has 1 aliphatic rings. The van der Waals surface area contributed by atoms with Crippen LogP contribution in [0.3, 0.4) is 0 Å². The smallest absolute Gasteiger partial charge is 0.233 e. The van der Waals surface area contributed by atoms with Crippen molar-refractivity contribution in [2.75, 3.05) is 18.1 Å². The Hall–Kier alpha value is -2.17. The molecule has 3 heterocycles. The molecular formula is C13H14N4O. The maximum absolute atomic E-state index is 5.40. The average Bonchev–Trinajstić information content (AvgIpc) is 2.83. The Kier molecular flexibility index (Phi) is 2.80. The molecule has 5 nitrogen and oxygen atoms in total. The average molecular weight is 242 g/mol. The van der Waals surface area contributed by atoms with Gasteiger partial charge in [-0.15, -0.1) is 0 Å². The van der Waals surface area contributed by atoms with Crippen LogP contribution in [-0.4, -0.2) is 28.1 Å².